The number of carbonyl (C=O) groups is 1. The fraction of sp³-hybridized carbons (Fsp3) is 0.250. The maximum atomic E-state index is 11.4. The van der Waals surface area contributed by atoms with Crippen LogP contribution >= 0.6 is 0 Å². The second-order valence-corrected chi connectivity index (χ2v) is 3.96. The van der Waals surface area contributed by atoms with Crippen molar-refractivity contribution >= 4 is 5.91 Å². The first-order valence-electron chi connectivity index (χ1n) is 5.61. The van der Waals surface area contributed by atoms with Crippen LogP contribution in [0.5, 0.6) is 0 Å². The van der Waals surface area contributed by atoms with Gasteiger partial charge in [0.25, 0.3) is 5.91 Å². The Labute approximate surface area is 105 Å². The molecule has 3 N–H and O–H groups in total. The summed E-state index contributed by atoms with van der Waals surface area (Å²) in [5.74, 6) is 0.426. The maximum Gasteiger partial charge on any atom is 0.271 e. The minimum atomic E-state index is -0.221. The number of nitrogens with two attached hydrogens (primary N) is 1. The van der Waals surface area contributed by atoms with Crippen LogP contribution in [-0.2, 0) is 0 Å². The summed E-state index contributed by atoms with van der Waals surface area (Å²) in [5.41, 5.74) is 7.06. The van der Waals surface area contributed by atoms with E-state index in [-0.39, 0.29) is 11.9 Å². The van der Waals surface area contributed by atoms with Crippen LogP contribution in [0.15, 0.2) is 30.6 Å². The van der Waals surface area contributed by atoms with Crippen LogP contribution in [0.4, 0.5) is 0 Å². The Morgan fingerprint density at radius 3 is 2.78 bits per heavy atom. The molecule has 0 saturated carbocycles. The fourth-order valence-corrected chi connectivity index (χ4v) is 1.50. The number of nitrogens with zero attached hydrogens (tertiary/aromatic N) is 3. The highest BCUT2D eigenvalue weighted by molar-refractivity contribution is 5.91. The highest BCUT2D eigenvalue weighted by atomic mass is 16.1. The van der Waals surface area contributed by atoms with Gasteiger partial charge >= 0.3 is 0 Å². The van der Waals surface area contributed by atoms with Crippen LogP contribution in [0.25, 0.3) is 5.82 Å². The fourth-order valence-electron chi connectivity index (χ4n) is 1.50. The lowest BCUT2D eigenvalue weighted by molar-refractivity contribution is 0.0957. The largest absolute Gasteiger partial charge is 0.354 e. The van der Waals surface area contributed by atoms with E-state index in [0.717, 1.165) is 5.56 Å². The summed E-state index contributed by atoms with van der Waals surface area (Å²) in [6.45, 7) is 1.90. The maximum absolute atomic E-state index is 11.4. The van der Waals surface area contributed by atoms with Gasteiger partial charge in [0.05, 0.1) is 0 Å². The lowest BCUT2D eigenvalue weighted by Crippen LogP contribution is -2.18. The van der Waals surface area contributed by atoms with Crippen molar-refractivity contribution < 1.29 is 4.79 Å². The van der Waals surface area contributed by atoms with Crippen molar-refractivity contribution in [1.29, 1.82) is 0 Å². The monoisotopic (exact) mass is 245 g/mol. The summed E-state index contributed by atoms with van der Waals surface area (Å²) in [6.07, 6.45) is 3.40. The first kappa shape index (κ1) is 12.3. The first-order chi connectivity index (χ1) is 8.61. The lowest BCUT2D eigenvalue weighted by atomic mass is 10.2. The van der Waals surface area contributed by atoms with Gasteiger partial charge in [0.15, 0.2) is 11.5 Å². The highest BCUT2D eigenvalue weighted by Crippen LogP contribution is 2.10. The Hall–Kier alpha value is -2.21. The quantitative estimate of drug-likeness (QED) is 0.831. The molecule has 0 aliphatic carbocycles. The van der Waals surface area contributed by atoms with Crippen LogP contribution in [0, 0.1) is 0 Å². The zero-order valence-corrected chi connectivity index (χ0v) is 10.3. The van der Waals surface area contributed by atoms with Crippen LogP contribution in [-0.4, -0.2) is 27.7 Å². The van der Waals surface area contributed by atoms with Gasteiger partial charge in [-0.1, -0.05) is 6.07 Å². The number of hydrogen-bond donors (Lipinski definition) is 2. The molecule has 2 aromatic rings. The Kier molecular flexibility index (Phi) is 3.38. The van der Waals surface area contributed by atoms with Gasteiger partial charge in [-0.3, -0.25) is 4.79 Å². The summed E-state index contributed by atoms with van der Waals surface area (Å²) in [5, 5.41) is 6.66. The summed E-state index contributed by atoms with van der Waals surface area (Å²) in [7, 11) is 1.57. The smallest absolute Gasteiger partial charge is 0.271 e. The lowest BCUT2D eigenvalue weighted by Gasteiger charge is -2.05. The van der Waals surface area contributed by atoms with Crippen LogP contribution in [0.3, 0.4) is 0 Å². The Morgan fingerprint density at radius 2 is 2.22 bits per heavy atom. The van der Waals surface area contributed by atoms with Crippen molar-refractivity contribution in [2.45, 2.75) is 13.0 Å². The van der Waals surface area contributed by atoms with Gasteiger partial charge in [-0.05, 0) is 24.6 Å². The molecule has 2 rings (SSSR count). The third kappa shape index (κ3) is 2.38. The molecule has 0 aromatic carbocycles. The molecule has 2 heterocycles. The predicted molar refractivity (Wildman–Crippen MR) is 67.4 cm³/mol. The Balaban J connectivity index is 2.26. The molecule has 0 spiro atoms. The van der Waals surface area contributed by atoms with E-state index in [9.17, 15) is 4.79 Å². The average molecular weight is 245 g/mol. The van der Waals surface area contributed by atoms with Gasteiger partial charge in [-0.25, -0.2) is 9.67 Å². The molecule has 94 valence electrons. The number of pyridine rings is 1. The van der Waals surface area contributed by atoms with E-state index in [1.165, 1.54) is 0 Å². The standard InChI is InChI=1S/C12H15N5O/c1-8(13)9-3-4-11(15-7-9)17-6-5-10(16-17)12(18)14-2/h3-8H,13H2,1-2H3,(H,14,18). The highest BCUT2D eigenvalue weighted by Gasteiger charge is 2.08. The van der Waals surface area contributed by atoms with Crippen molar-refractivity contribution in [3.05, 3.63) is 41.9 Å². The van der Waals surface area contributed by atoms with Crippen molar-refractivity contribution in [2.75, 3.05) is 7.05 Å². The van der Waals surface area contributed by atoms with E-state index in [1.807, 2.05) is 19.1 Å². The summed E-state index contributed by atoms with van der Waals surface area (Å²) < 4.78 is 1.55. The molecule has 2 aromatic heterocycles. The van der Waals surface area contributed by atoms with Crippen molar-refractivity contribution in [3.8, 4) is 5.82 Å². The molecule has 0 aliphatic rings. The molecular formula is C12H15N5O. The minimum Gasteiger partial charge on any atom is -0.354 e. The molecule has 0 radical (unpaired) electrons. The molecule has 0 aliphatic heterocycles. The van der Waals surface area contributed by atoms with Gasteiger partial charge in [0, 0.05) is 25.5 Å². The van der Waals surface area contributed by atoms with Crippen molar-refractivity contribution in [3.63, 3.8) is 0 Å². The van der Waals surface area contributed by atoms with Gasteiger partial charge in [-0.2, -0.15) is 5.10 Å². The van der Waals surface area contributed by atoms with E-state index in [4.69, 9.17) is 5.73 Å². The van der Waals surface area contributed by atoms with Gasteiger partial charge < -0.3 is 11.1 Å². The van der Waals surface area contributed by atoms with E-state index in [0.29, 0.717) is 11.5 Å². The number of hydrogen-bond acceptors (Lipinski definition) is 4. The second kappa shape index (κ2) is 4.97. The summed E-state index contributed by atoms with van der Waals surface area (Å²) in [6, 6.07) is 5.30. The zero-order valence-electron chi connectivity index (χ0n) is 10.3. The molecule has 6 heteroatoms. The zero-order chi connectivity index (χ0) is 13.1. The van der Waals surface area contributed by atoms with E-state index < -0.39 is 0 Å². The molecule has 0 fully saturated rings. The van der Waals surface area contributed by atoms with E-state index in [1.54, 1.807) is 30.2 Å². The summed E-state index contributed by atoms with van der Waals surface area (Å²) >= 11 is 0. The first-order valence-corrected chi connectivity index (χ1v) is 5.61. The summed E-state index contributed by atoms with van der Waals surface area (Å²) in [4.78, 5) is 15.6. The molecule has 1 amide bonds. The third-order valence-corrected chi connectivity index (χ3v) is 2.58. The topological polar surface area (TPSA) is 85.8 Å². The minimum absolute atomic E-state index is 0.0504. The number of amides is 1. The molecule has 1 atom stereocenters. The molecule has 18 heavy (non-hydrogen) atoms. The van der Waals surface area contributed by atoms with Crippen molar-refractivity contribution in [2.24, 2.45) is 5.73 Å². The normalized spacial score (nSPS) is 12.2. The van der Waals surface area contributed by atoms with Crippen LogP contribution < -0.4 is 11.1 Å². The average Bonchev–Trinajstić information content (AvgIpc) is 2.87. The van der Waals surface area contributed by atoms with Crippen molar-refractivity contribution in [1.82, 2.24) is 20.1 Å². The number of aromatic nitrogens is 3. The number of nitrogens with one attached hydrogen (secondary N) is 1. The third-order valence-electron chi connectivity index (χ3n) is 2.58. The number of carbonyl (C=O) groups excluding carboxylic acids is 1. The van der Waals surface area contributed by atoms with Gasteiger partial charge in [0.1, 0.15) is 0 Å². The van der Waals surface area contributed by atoms with Gasteiger partial charge in [0.2, 0.25) is 0 Å². The molecule has 1 unspecified atom stereocenters. The van der Waals surface area contributed by atoms with E-state index in [2.05, 4.69) is 15.4 Å². The molecular weight excluding hydrogens is 230 g/mol. The molecule has 0 saturated heterocycles. The van der Waals surface area contributed by atoms with E-state index >= 15 is 0 Å². The second-order valence-electron chi connectivity index (χ2n) is 3.96. The predicted octanol–water partition coefficient (Wildman–Crippen LogP) is 0.647. The Morgan fingerprint density at radius 1 is 1.44 bits per heavy atom. The number of rotatable bonds is 3. The SMILES string of the molecule is CNC(=O)c1ccn(-c2ccc(C(C)N)cn2)n1. The molecule has 6 nitrogen and oxygen atoms in total. The van der Waals surface area contributed by atoms with Crippen LogP contribution in [0.1, 0.15) is 29.0 Å². The Bertz CT molecular complexity index is 544. The molecule has 0 bridgehead atoms. The van der Waals surface area contributed by atoms with Gasteiger partial charge in [-0.15, -0.1) is 0 Å². The van der Waals surface area contributed by atoms with Crippen LogP contribution in [0.2, 0.25) is 0 Å².